The molecule has 1 aromatic carbocycles. The highest BCUT2D eigenvalue weighted by Crippen LogP contribution is 2.21. The van der Waals surface area contributed by atoms with Crippen molar-refractivity contribution in [2.75, 3.05) is 25.6 Å². The highest BCUT2D eigenvalue weighted by atomic mass is 16.5. The number of carboxylic acid groups (broad SMARTS) is 1. The number of carbonyl (C=O) groups is 1. The standard InChI is InChI=1S/C12H13N3O4/c1-15(7-10(16)17)12-13-11(14-19-12)8-3-5-9(18-2)6-4-8/h3-6H,7H2,1-2H3,(H,16,17). The zero-order valence-corrected chi connectivity index (χ0v) is 10.5. The zero-order chi connectivity index (χ0) is 13.8. The van der Waals surface area contributed by atoms with Gasteiger partial charge in [-0.05, 0) is 24.3 Å². The largest absolute Gasteiger partial charge is 0.497 e. The maximum atomic E-state index is 10.6. The molecule has 0 saturated heterocycles. The van der Waals surface area contributed by atoms with Gasteiger partial charge in [-0.25, -0.2) is 0 Å². The quantitative estimate of drug-likeness (QED) is 0.868. The van der Waals surface area contributed by atoms with E-state index in [-0.39, 0.29) is 12.6 Å². The van der Waals surface area contributed by atoms with Gasteiger partial charge in [-0.15, -0.1) is 0 Å². The van der Waals surface area contributed by atoms with Gasteiger partial charge < -0.3 is 19.3 Å². The van der Waals surface area contributed by atoms with Crippen LogP contribution >= 0.6 is 0 Å². The van der Waals surface area contributed by atoms with E-state index in [1.165, 1.54) is 4.90 Å². The van der Waals surface area contributed by atoms with Crippen molar-refractivity contribution in [2.45, 2.75) is 0 Å². The maximum Gasteiger partial charge on any atom is 0.324 e. The Hall–Kier alpha value is -2.57. The molecule has 1 heterocycles. The van der Waals surface area contributed by atoms with Gasteiger partial charge in [0.2, 0.25) is 5.82 Å². The van der Waals surface area contributed by atoms with Crippen molar-refractivity contribution in [2.24, 2.45) is 0 Å². The first-order valence-corrected chi connectivity index (χ1v) is 5.51. The molecule has 7 nitrogen and oxygen atoms in total. The topological polar surface area (TPSA) is 88.7 Å². The summed E-state index contributed by atoms with van der Waals surface area (Å²) in [7, 11) is 3.15. The van der Waals surface area contributed by atoms with E-state index in [1.807, 2.05) is 0 Å². The molecule has 7 heteroatoms. The number of anilines is 1. The molecule has 0 spiro atoms. The Morgan fingerprint density at radius 2 is 2.11 bits per heavy atom. The third-order valence-electron chi connectivity index (χ3n) is 2.46. The molecule has 0 saturated carbocycles. The Morgan fingerprint density at radius 1 is 1.42 bits per heavy atom. The molecule has 19 heavy (non-hydrogen) atoms. The molecule has 0 bridgehead atoms. The zero-order valence-electron chi connectivity index (χ0n) is 10.5. The molecule has 0 atom stereocenters. The molecule has 0 radical (unpaired) electrons. The Labute approximate surface area is 109 Å². The van der Waals surface area contributed by atoms with E-state index in [4.69, 9.17) is 14.4 Å². The van der Waals surface area contributed by atoms with Crippen LogP contribution in [0.25, 0.3) is 11.4 Å². The molecule has 100 valence electrons. The summed E-state index contributed by atoms with van der Waals surface area (Å²) in [6, 6.07) is 7.32. The lowest BCUT2D eigenvalue weighted by Gasteiger charge is -2.08. The van der Waals surface area contributed by atoms with E-state index in [0.717, 1.165) is 11.3 Å². The molecule has 1 N–H and O–H groups in total. The van der Waals surface area contributed by atoms with E-state index in [1.54, 1.807) is 38.4 Å². The molecular formula is C12H13N3O4. The molecule has 0 aliphatic carbocycles. The Bertz CT molecular complexity index is 565. The fourth-order valence-corrected chi connectivity index (χ4v) is 1.50. The number of carboxylic acids is 1. The van der Waals surface area contributed by atoms with Crippen LogP contribution in [-0.4, -0.2) is 41.9 Å². The molecule has 0 fully saturated rings. The average molecular weight is 263 g/mol. The lowest BCUT2D eigenvalue weighted by Crippen LogP contribution is -2.25. The minimum absolute atomic E-state index is 0.160. The van der Waals surface area contributed by atoms with Crippen molar-refractivity contribution in [1.82, 2.24) is 10.1 Å². The van der Waals surface area contributed by atoms with Crippen molar-refractivity contribution in [3.05, 3.63) is 24.3 Å². The van der Waals surface area contributed by atoms with E-state index >= 15 is 0 Å². The highest BCUT2D eigenvalue weighted by molar-refractivity contribution is 5.72. The number of hydrogen-bond acceptors (Lipinski definition) is 6. The number of rotatable bonds is 5. The van der Waals surface area contributed by atoms with Crippen LogP contribution in [0.5, 0.6) is 5.75 Å². The second-order valence-corrected chi connectivity index (χ2v) is 3.88. The number of likely N-dealkylation sites (N-methyl/N-ethyl adjacent to an activating group) is 1. The van der Waals surface area contributed by atoms with Gasteiger partial charge >= 0.3 is 12.0 Å². The van der Waals surface area contributed by atoms with Gasteiger partial charge in [-0.2, -0.15) is 4.98 Å². The van der Waals surface area contributed by atoms with Gasteiger partial charge in [-0.3, -0.25) is 4.79 Å². The van der Waals surface area contributed by atoms with Crippen LogP contribution in [0.4, 0.5) is 6.01 Å². The van der Waals surface area contributed by atoms with Gasteiger partial charge in [0.1, 0.15) is 12.3 Å². The predicted octanol–water partition coefficient (Wildman–Crippen LogP) is 1.27. The first-order valence-electron chi connectivity index (χ1n) is 5.51. The third-order valence-corrected chi connectivity index (χ3v) is 2.46. The first-order chi connectivity index (χ1) is 9.10. The SMILES string of the molecule is COc1ccc(-c2noc(N(C)CC(=O)O)n2)cc1. The smallest absolute Gasteiger partial charge is 0.324 e. The minimum Gasteiger partial charge on any atom is -0.497 e. The lowest BCUT2D eigenvalue weighted by atomic mass is 10.2. The van der Waals surface area contributed by atoms with Crippen molar-refractivity contribution < 1.29 is 19.2 Å². The van der Waals surface area contributed by atoms with Gasteiger partial charge in [0.25, 0.3) is 0 Å². The molecule has 0 unspecified atom stereocenters. The molecule has 2 rings (SSSR count). The predicted molar refractivity (Wildman–Crippen MR) is 67.2 cm³/mol. The number of ether oxygens (including phenoxy) is 1. The van der Waals surface area contributed by atoms with Gasteiger partial charge in [0, 0.05) is 12.6 Å². The van der Waals surface area contributed by atoms with Crippen LogP contribution in [-0.2, 0) is 4.79 Å². The summed E-state index contributed by atoms with van der Waals surface area (Å²) in [6.45, 7) is -0.204. The maximum absolute atomic E-state index is 10.6. The molecule has 0 aliphatic heterocycles. The molecule has 1 aromatic heterocycles. The Kier molecular flexibility index (Phi) is 3.65. The third kappa shape index (κ3) is 3.01. The number of hydrogen-bond donors (Lipinski definition) is 1. The number of nitrogens with zero attached hydrogens (tertiary/aromatic N) is 3. The average Bonchev–Trinajstić information content (AvgIpc) is 2.88. The van der Waals surface area contributed by atoms with Crippen molar-refractivity contribution in [3.63, 3.8) is 0 Å². The van der Waals surface area contributed by atoms with Crippen LogP contribution in [0.1, 0.15) is 0 Å². The van der Waals surface area contributed by atoms with Crippen molar-refractivity contribution >= 4 is 12.0 Å². The Balaban J connectivity index is 2.17. The van der Waals surface area contributed by atoms with Gasteiger partial charge in [0.15, 0.2) is 0 Å². The monoisotopic (exact) mass is 263 g/mol. The molecular weight excluding hydrogens is 250 g/mol. The summed E-state index contributed by atoms with van der Waals surface area (Å²) in [5.41, 5.74) is 0.763. The summed E-state index contributed by atoms with van der Waals surface area (Å²) in [4.78, 5) is 16.1. The van der Waals surface area contributed by atoms with Gasteiger partial charge in [0.05, 0.1) is 7.11 Å². The second-order valence-electron chi connectivity index (χ2n) is 3.88. The van der Waals surface area contributed by atoms with Crippen molar-refractivity contribution in [3.8, 4) is 17.1 Å². The van der Waals surface area contributed by atoms with Crippen LogP contribution < -0.4 is 9.64 Å². The number of benzene rings is 1. The summed E-state index contributed by atoms with van der Waals surface area (Å²) < 4.78 is 10.1. The first kappa shape index (κ1) is 12.9. The van der Waals surface area contributed by atoms with Crippen LogP contribution in [0.3, 0.4) is 0 Å². The summed E-state index contributed by atoms with van der Waals surface area (Å²) in [6.07, 6.45) is 0. The normalized spacial score (nSPS) is 10.2. The van der Waals surface area contributed by atoms with Gasteiger partial charge in [-0.1, -0.05) is 5.16 Å². The molecule has 2 aromatic rings. The minimum atomic E-state index is -0.966. The van der Waals surface area contributed by atoms with Crippen LogP contribution in [0.2, 0.25) is 0 Å². The molecule has 0 aliphatic rings. The summed E-state index contributed by atoms with van der Waals surface area (Å²) in [5, 5.41) is 12.5. The number of methoxy groups -OCH3 is 1. The highest BCUT2D eigenvalue weighted by Gasteiger charge is 2.14. The van der Waals surface area contributed by atoms with E-state index < -0.39 is 5.97 Å². The number of aliphatic carboxylic acids is 1. The summed E-state index contributed by atoms with van der Waals surface area (Å²) >= 11 is 0. The number of aromatic nitrogens is 2. The lowest BCUT2D eigenvalue weighted by molar-refractivity contribution is -0.135. The Morgan fingerprint density at radius 3 is 2.68 bits per heavy atom. The van der Waals surface area contributed by atoms with Crippen LogP contribution in [0.15, 0.2) is 28.8 Å². The summed E-state index contributed by atoms with van der Waals surface area (Å²) in [5.74, 6) is 0.164. The second kappa shape index (κ2) is 5.38. The van der Waals surface area contributed by atoms with Crippen LogP contribution in [0, 0.1) is 0 Å². The fourth-order valence-electron chi connectivity index (χ4n) is 1.50. The van der Waals surface area contributed by atoms with E-state index in [0.29, 0.717) is 5.82 Å². The van der Waals surface area contributed by atoms with Crippen molar-refractivity contribution in [1.29, 1.82) is 0 Å². The molecule has 0 amide bonds. The fraction of sp³-hybridized carbons (Fsp3) is 0.250. The van der Waals surface area contributed by atoms with E-state index in [9.17, 15) is 4.79 Å². The van der Waals surface area contributed by atoms with E-state index in [2.05, 4.69) is 10.1 Å².